The first-order valence-electron chi connectivity index (χ1n) is 8.37. The smallest absolute Gasteiger partial charge is 0.221 e. The molecule has 1 fully saturated rings. The Morgan fingerprint density at radius 2 is 2.14 bits per heavy atom. The lowest BCUT2D eigenvalue weighted by Gasteiger charge is -2.35. The molecule has 0 bridgehead atoms. The molecule has 0 aromatic carbocycles. The summed E-state index contributed by atoms with van der Waals surface area (Å²) in [5, 5.41) is 2.81. The third-order valence-corrected chi connectivity index (χ3v) is 6.30. The molecule has 22 heavy (non-hydrogen) atoms. The maximum atomic E-state index is 12.6. The van der Waals surface area contributed by atoms with Crippen LogP contribution >= 0.6 is 0 Å². The van der Waals surface area contributed by atoms with Crippen molar-refractivity contribution >= 4 is 15.9 Å². The Bertz CT molecular complexity index is 439. The highest BCUT2D eigenvalue weighted by atomic mass is 32.2. The monoisotopic (exact) mass is 333 g/mol. The van der Waals surface area contributed by atoms with Gasteiger partial charge in [-0.3, -0.25) is 4.79 Å². The zero-order chi connectivity index (χ0) is 16.6. The average Bonchev–Trinajstić information content (AvgIpc) is 2.45. The van der Waals surface area contributed by atoms with Crippen LogP contribution in [0.15, 0.2) is 0 Å². The summed E-state index contributed by atoms with van der Waals surface area (Å²) in [5.74, 6) is 0.267. The van der Waals surface area contributed by atoms with Crippen LogP contribution in [-0.4, -0.2) is 50.1 Å². The van der Waals surface area contributed by atoms with Gasteiger partial charge in [0, 0.05) is 32.1 Å². The molecule has 0 radical (unpaired) electrons. The second-order valence-corrected chi connectivity index (χ2v) is 8.24. The number of nitrogens with two attached hydrogens (primary N) is 1. The summed E-state index contributed by atoms with van der Waals surface area (Å²) in [6.07, 6.45) is 4.92. The van der Waals surface area contributed by atoms with Crippen molar-refractivity contribution in [1.82, 2.24) is 9.62 Å². The Morgan fingerprint density at radius 1 is 1.41 bits per heavy atom. The van der Waals surface area contributed by atoms with Crippen LogP contribution in [0.25, 0.3) is 0 Å². The van der Waals surface area contributed by atoms with Crippen molar-refractivity contribution in [2.75, 3.05) is 25.4 Å². The van der Waals surface area contributed by atoms with Crippen LogP contribution in [0.2, 0.25) is 0 Å². The molecule has 1 aliphatic rings. The number of nitrogens with zero attached hydrogens (tertiary/aromatic N) is 1. The van der Waals surface area contributed by atoms with E-state index in [2.05, 4.69) is 12.2 Å². The van der Waals surface area contributed by atoms with E-state index in [1.807, 2.05) is 6.92 Å². The van der Waals surface area contributed by atoms with Crippen LogP contribution in [0.5, 0.6) is 0 Å². The number of rotatable bonds is 9. The van der Waals surface area contributed by atoms with Gasteiger partial charge in [0.1, 0.15) is 0 Å². The number of carbonyl (C=O) groups is 1. The van der Waals surface area contributed by atoms with Crippen molar-refractivity contribution in [3.05, 3.63) is 0 Å². The van der Waals surface area contributed by atoms with Gasteiger partial charge in [-0.05, 0) is 25.2 Å². The van der Waals surface area contributed by atoms with Crippen LogP contribution in [0.3, 0.4) is 0 Å². The topological polar surface area (TPSA) is 92.5 Å². The highest BCUT2D eigenvalue weighted by Gasteiger charge is 2.33. The summed E-state index contributed by atoms with van der Waals surface area (Å²) in [5.41, 5.74) is 5.35. The molecule has 0 aromatic heterocycles. The molecule has 0 spiro atoms. The molecule has 2 atom stereocenters. The lowest BCUT2D eigenvalue weighted by molar-refractivity contribution is -0.121. The molecule has 0 aromatic rings. The van der Waals surface area contributed by atoms with Crippen molar-refractivity contribution in [3.63, 3.8) is 0 Å². The fourth-order valence-corrected chi connectivity index (χ4v) is 5.15. The molecule has 0 aliphatic carbocycles. The van der Waals surface area contributed by atoms with Gasteiger partial charge in [0.2, 0.25) is 15.9 Å². The van der Waals surface area contributed by atoms with Gasteiger partial charge in [0.15, 0.2) is 0 Å². The minimum atomic E-state index is -3.26. The first kappa shape index (κ1) is 19.4. The molecule has 1 amide bonds. The summed E-state index contributed by atoms with van der Waals surface area (Å²) in [6, 6.07) is -0.116. The van der Waals surface area contributed by atoms with Gasteiger partial charge >= 0.3 is 0 Å². The second kappa shape index (κ2) is 9.47. The Kier molecular flexibility index (Phi) is 8.35. The number of sulfonamides is 1. The normalized spacial score (nSPS) is 21.5. The lowest BCUT2D eigenvalue weighted by atomic mass is 10.1. The third-order valence-electron chi connectivity index (χ3n) is 4.11. The van der Waals surface area contributed by atoms with Crippen LogP contribution in [0.1, 0.15) is 52.4 Å². The number of amides is 1. The van der Waals surface area contributed by atoms with Gasteiger partial charge in [-0.15, -0.1) is 0 Å². The molecule has 0 saturated carbocycles. The van der Waals surface area contributed by atoms with E-state index in [1.165, 1.54) is 0 Å². The second-order valence-electron chi connectivity index (χ2n) is 6.28. The summed E-state index contributed by atoms with van der Waals surface area (Å²) in [6.45, 7) is 5.33. The zero-order valence-corrected chi connectivity index (χ0v) is 14.7. The quantitative estimate of drug-likeness (QED) is 0.660. The highest BCUT2D eigenvalue weighted by Crippen LogP contribution is 2.22. The SMILES string of the molecule is CCCC(C)CS(=O)(=O)N1CCCCC1CNC(=O)CCN. The van der Waals surface area contributed by atoms with Gasteiger partial charge in [-0.1, -0.05) is 26.7 Å². The van der Waals surface area contributed by atoms with Crippen molar-refractivity contribution in [2.45, 2.75) is 58.4 Å². The molecule has 3 N–H and O–H groups in total. The zero-order valence-electron chi connectivity index (χ0n) is 13.9. The summed E-state index contributed by atoms with van der Waals surface area (Å²) >= 11 is 0. The maximum Gasteiger partial charge on any atom is 0.221 e. The first-order valence-corrected chi connectivity index (χ1v) is 9.98. The maximum absolute atomic E-state index is 12.6. The van der Waals surface area contributed by atoms with Gasteiger partial charge in [0.25, 0.3) is 0 Å². The van der Waals surface area contributed by atoms with Crippen molar-refractivity contribution in [3.8, 4) is 0 Å². The van der Waals surface area contributed by atoms with E-state index >= 15 is 0 Å². The van der Waals surface area contributed by atoms with Crippen LogP contribution in [0, 0.1) is 5.92 Å². The molecular weight excluding hydrogens is 302 g/mol. The van der Waals surface area contributed by atoms with Gasteiger partial charge in [0.05, 0.1) is 5.75 Å². The fraction of sp³-hybridized carbons (Fsp3) is 0.933. The predicted octanol–water partition coefficient (Wildman–Crippen LogP) is 1.07. The van der Waals surface area contributed by atoms with E-state index in [-0.39, 0.29) is 30.0 Å². The van der Waals surface area contributed by atoms with E-state index in [4.69, 9.17) is 5.73 Å². The van der Waals surface area contributed by atoms with Gasteiger partial charge in [-0.2, -0.15) is 4.31 Å². The number of hydrogen-bond acceptors (Lipinski definition) is 4. The van der Waals surface area contributed by atoms with E-state index in [9.17, 15) is 13.2 Å². The lowest BCUT2D eigenvalue weighted by Crippen LogP contribution is -2.50. The van der Waals surface area contributed by atoms with E-state index in [1.54, 1.807) is 4.31 Å². The van der Waals surface area contributed by atoms with Crippen molar-refractivity contribution in [1.29, 1.82) is 0 Å². The number of hydrogen-bond donors (Lipinski definition) is 2. The molecule has 1 saturated heterocycles. The molecular formula is C15H31N3O3S. The molecule has 1 heterocycles. The standard InChI is InChI=1S/C15H31N3O3S/c1-3-6-13(2)12-22(20,21)18-10-5-4-7-14(18)11-17-15(19)8-9-16/h13-14H,3-12,16H2,1-2H3,(H,17,19). The molecule has 7 heteroatoms. The van der Waals surface area contributed by atoms with E-state index in [0.717, 1.165) is 32.1 Å². The third kappa shape index (κ3) is 6.22. The summed E-state index contributed by atoms with van der Waals surface area (Å²) < 4.78 is 26.9. The molecule has 1 aliphatic heterocycles. The Labute approximate surface area is 134 Å². The van der Waals surface area contributed by atoms with Crippen LogP contribution < -0.4 is 11.1 Å². The highest BCUT2D eigenvalue weighted by molar-refractivity contribution is 7.89. The molecule has 2 unspecified atom stereocenters. The summed E-state index contributed by atoms with van der Waals surface area (Å²) in [4.78, 5) is 11.5. The Hall–Kier alpha value is -0.660. The molecule has 6 nitrogen and oxygen atoms in total. The van der Waals surface area contributed by atoms with E-state index < -0.39 is 10.0 Å². The minimum Gasteiger partial charge on any atom is -0.354 e. The van der Waals surface area contributed by atoms with Crippen molar-refractivity contribution in [2.24, 2.45) is 11.7 Å². The first-order chi connectivity index (χ1) is 10.4. The number of piperidine rings is 1. The largest absolute Gasteiger partial charge is 0.354 e. The molecule has 1 rings (SSSR count). The van der Waals surface area contributed by atoms with Crippen LogP contribution in [-0.2, 0) is 14.8 Å². The number of nitrogens with one attached hydrogen (secondary N) is 1. The predicted molar refractivity (Wildman–Crippen MR) is 88.9 cm³/mol. The average molecular weight is 333 g/mol. The Balaban J connectivity index is 2.65. The van der Waals surface area contributed by atoms with Gasteiger partial charge in [-0.25, -0.2) is 8.42 Å². The Morgan fingerprint density at radius 3 is 2.77 bits per heavy atom. The van der Waals surface area contributed by atoms with Gasteiger partial charge < -0.3 is 11.1 Å². The van der Waals surface area contributed by atoms with Crippen LogP contribution in [0.4, 0.5) is 0 Å². The number of carbonyl (C=O) groups excluding carboxylic acids is 1. The fourth-order valence-electron chi connectivity index (χ4n) is 3.03. The summed E-state index contributed by atoms with van der Waals surface area (Å²) in [7, 11) is -3.26. The molecule has 130 valence electrons. The van der Waals surface area contributed by atoms with E-state index in [0.29, 0.717) is 19.6 Å². The van der Waals surface area contributed by atoms with Crippen molar-refractivity contribution < 1.29 is 13.2 Å². The minimum absolute atomic E-state index is 0.107.